The molecule has 7 heteroatoms. The SMILES string of the molecule is Cc1nc2ccccc2n1Cc1ccc(C(=O)N(C)[C@@H]2CCN(C(=O)OC(C)(C)C)C2)cc1. The molecule has 1 aliphatic rings. The van der Waals surface area contributed by atoms with Crippen molar-refractivity contribution < 1.29 is 14.3 Å². The van der Waals surface area contributed by atoms with Crippen molar-refractivity contribution in [1.82, 2.24) is 19.4 Å². The van der Waals surface area contributed by atoms with Gasteiger partial charge in [-0.1, -0.05) is 24.3 Å². The summed E-state index contributed by atoms with van der Waals surface area (Å²) in [5.41, 5.74) is 3.31. The number of benzene rings is 2. The van der Waals surface area contributed by atoms with Gasteiger partial charge in [0, 0.05) is 32.2 Å². The summed E-state index contributed by atoms with van der Waals surface area (Å²) < 4.78 is 7.65. The van der Waals surface area contributed by atoms with Crippen LogP contribution in [0.4, 0.5) is 4.79 Å². The van der Waals surface area contributed by atoms with E-state index in [1.165, 1.54) is 0 Å². The Hall–Kier alpha value is -3.35. The monoisotopic (exact) mass is 448 g/mol. The number of hydrogen-bond acceptors (Lipinski definition) is 4. The lowest BCUT2D eigenvalue weighted by Gasteiger charge is -2.27. The molecule has 4 rings (SSSR count). The predicted octanol–water partition coefficient (Wildman–Crippen LogP) is 4.47. The number of nitrogens with zero attached hydrogens (tertiary/aromatic N) is 4. The van der Waals surface area contributed by atoms with Gasteiger partial charge in [0.05, 0.1) is 17.1 Å². The third kappa shape index (κ3) is 5.02. The number of likely N-dealkylation sites (N-methyl/N-ethyl adjacent to an activating group) is 1. The highest BCUT2D eigenvalue weighted by Crippen LogP contribution is 2.21. The number of likely N-dealkylation sites (tertiary alicyclic amines) is 1. The molecule has 1 saturated heterocycles. The molecule has 0 unspecified atom stereocenters. The fraction of sp³-hybridized carbons (Fsp3) is 0.423. The topological polar surface area (TPSA) is 67.7 Å². The Balaban J connectivity index is 1.40. The van der Waals surface area contributed by atoms with Crippen LogP contribution in [0.25, 0.3) is 11.0 Å². The highest BCUT2D eigenvalue weighted by atomic mass is 16.6. The van der Waals surface area contributed by atoms with E-state index in [1.807, 2.05) is 70.2 Å². The van der Waals surface area contributed by atoms with Gasteiger partial charge in [0.25, 0.3) is 5.91 Å². The quantitative estimate of drug-likeness (QED) is 0.590. The molecule has 0 radical (unpaired) electrons. The van der Waals surface area contributed by atoms with Gasteiger partial charge in [-0.25, -0.2) is 9.78 Å². The number of aryl methyl sites for hydroxylation is 1. The molecule has 0 spiro atoms. The van der Waals surface area contributed by atoms with Crippen molar-refractivity contribution >= 4 is 23.0 Å². The van der Waals surface area contributed by atoms with Crippen LogP contribution in [0.15, 0.2) is 48.5 Å². The molecule has 174 valence electrons. The van der Waals surface area contributed by atoms with Crippen LogP contribution in [0.2, 0.25) is 0 Å². The van der Waals surface area contributed by atoms with E-state index in [2.05, 4.69) is 15.6 Å². The second-order valence-electron chi connectivity index (χ2n) is 9.72. The van der Waals surface area contributed by atoms with Crippen molar-refractivity contribution in [2.75, 3.05) is 20.1 Å². The number of aromatic nitrogens is 2. The zero-order valence-electron chi connectivity index (χ0n) is 20.0. The Morgan fingerprint density at radius 2 is 1.82 bits per heavy atom. The number of hydrogen-bond donors (Lipinski definition) is 0. The smallest absolute Gasteiger partial charge is 0.410 e. The molecule has 1 aromatic heterocycles. The molecule has 1 aliphatic heterocycles. The number of fused-ring (bicyclic) bond motifs is 1. The molecule has 1 fully saturated rings. The molecule has 2 aromatic carbocycles. The Labute approximate surface area is 195 Å². The van der Waals surface area contributed by atoms with Gasteiger partial charge in [0.15, 0.2) is 0 Å². The molecule has 0 saturated carbocycles. The highest BCUT2D eigenvalue weighted by Gasteiger charge is 2.33. The first-order valence-electron chi connectivity index (χ1n) is 11.4. The summed E-state index contributed by atoms with van der Waals surface area (Å²) >= 11 is 0. The fourth-order valence-corrected chi connectivity index (χ4v) is 4.25. The molecule has 2 amide bonds. The second kappa shape index (κ2) is 8.89. The average Bonchev–Trinajstić information content (AvgIpc) is 3.38. The standard InChI is InChI=1S/C26H32N4O3/c1-18-27-22-8-6-7-9-23(22)30(18)16-19-10-12-20(13-11-19)24(31)28(5)21-14-15-29(17-21)25(32)33-26(2,3)4/h6-13,21H,14-17H2,1-5H3/t21-/m1/s1. The van der Waals surface area contributed by atoms with Gasteiger partial charge in [-0.2, -0.15) is 0 Å². The van der Waals surface area contributed by atoms with Crippen LogP contribution >= 0.6 is 0 Å². The van der Waals surface area contributed by atoms with Gasteiger partial charge < -0.3 is 19.1 Å². The van der Waals surface area contributed by atoms with Crippen molar-refractivity contribution in [1.29, 1.82) is 0 Å². The van der Waals surface area contributed by atoms with Crippen molar-refractivity contribution in [2.24, 2.45) is 0 Å². The number of ether oxygens (including phenoxy) is 1. The van der Waals surface area contributed by atoms with Crippen LogP contribution in [-0.4, -0.2) is 63.1 Å². The zero-order chi connectivity index (χ0) is 23.8. The van der Waals surface area contributed by atoms with Gasteiger partial charge in [0.1, 0.15) is 11.4 Å². The van der Waals surface area contributed by atoms with E-state index in [4.69, 9.17) is 4.74 Å². The maximum absolute atomic E-state index is 13.1. The molecule has 0 aliphatic carbocycles. The Bertz CT molecular complexity index is 1160. The predicted molar refractivity (Wildman–Crippen MR) is 128 cm³/mol. The van der Waals surface area contributed by atoms with Crippen LogP contribution in [-0.2, 0) is 11.3 Å². The first-order chi connectivity index (χ1) is 15.6. The lowest BCUT2D eigenvalue weighted by Crippen LogP contribution is -2.41. The molecule has 0 N–H and O–H groups in total. The number of carbonyl (C=O) groups excluding carboxylic acids is 2. The summed E-state index contributed by atoms with van der Waals surface area (Å²) in [4.78, 5) is 33.5. The maximum Gasteiger partial charge on any atom is 0.410 e. The van der Waals surface area contributed by atoms with Crippen molar-refractivity contribution in [3.63, 3.8) is 0 Å². The van der Waals surface area contributed by atoms with E-state index in [0.29, 0.717) is 25.2 Å². The zero-order valence-corrected chi connectivity index (χ0v) is 20.0. The first kappa shape index (κ1) is 22.8. The normalized spacial score (nSPS) is 16.3. The summed E-state index contributed by atoms with van der Waals surface area (Å²) in [6.45, 7) is 9.35. The molecule has 3 aromatic rings. The maximum atomic E-state index is 13.1. The third-order valence-corrected chi connectivity index (χ3v) is 6.07. The lowest BCUT2D eigenvalue weighted by atomic mass is 10.1. The number of para-hydroxylation sites is 2. The van der Waals surface area contributed by atoms with Gasteiger partial charge >= 0.3 is 6.09 Å². The van der Waals surface area contributed by atoms with Gasteiger partial charge in [-0.3, -0.25) is 4.79 Å². The van der Waals surface area contributed by atoms with Crippen LogP contribution in [0.3, 0.4) is 0 Å². The molecule has 2 heterocycles. The lowest BCUT2D eigenvalue weighted by molar-refractivity contribution is 0.0279. The summed E-state index contributed by atoms with van der Waals surface area (Å²) in [5, 5.41) is 0. The minimum atomic E-state index is -0.528. The van der Waals surface area contributed by atoms with Gasteiger partial charge in [0.2, 0.25) is 0 Å². The van der Waals surface area contributed by atoms with Crippen LogP contribution in [0.5, 0.6) is 0 Å². The summed E-state index contributed by atoms with van der Waals surface area (Å²) in [6, 6.07) is 15.8. The van der Waals surface area contributed by atoms with Crippen molar-refractivity contribution in [3.8, 4) is 0 Å². The van der Waals surface area contributed by atoms with E-state index < -0.39 is 5.60 Å². The number of imidazole rings is 1. The van der Waals surface area contributed by atoms with Crippen molar-refractivity contribution in [3.05, 3.63) is 65.5 Å². The van der Waals surface area contributed by atoms with Crippen LogP contribution in [0.1, 0.15) is 48.9 Å². The molecule has 33 heavy (non-hydrogen) atoms. The van der Waals surface area contributed by atoms with E-state index in [-0.39, 0.29) is 18.0 Å². The Morgan fingerprint density at radius 1 is 1.12 bits per heavy atom. The minimum Gasteiger partial charge on any atom is -0.444 e. The minimum absolute atomic E-state index is 0.0235. The number of rotatable bonds is 4. The van der Waals surface area contributed by atoms with Crippen molar-refractivity contribution in [2.45, 2.75) is 52.3 Å². The van der Waals surface area contributed by atoms with Crippen LogP contribution < -0.4 is 0 Å². The number of carbonyl (C=O) groups is 2. The summed E-state index contributed by atoms with van der Waals surface area (Å²) in [5.74, 6) is 0.925. The van der Waals surface area contributed by atoms with E-state index in [1.54, 1.807) is 16.8 Å². The fourth-order valence-electron chi connectivity index (χ4n) is 4.25. The average molecular weight is 449 g/mol. The summed E-state index contributed by atoms with van der Waals surface area (Å²) in [7, 11) is 1.81. The largest absolute Gasteiger partial charge is 0.444 e. The van der Waals surface area contributed by atoms with Crippen LogP contribution in [0, 0.1) is 6.92 Å². The first-order valence-corrected chi connectivity index (χ1v) is 11.4. The molecule has 1 atom stereocenters. The molecule has 7 nitrogen and oxygen atoms in total. The molecular weight excluding hydrogens is 416 g/mol. The molecule has 0 bridgehead atoms. The Morgan fingerprint density at radius 3 is 2.52 bits per heavy atom. The third-order valence-electron chi connectivity index (χ3n) is 6.07. The Kier molecular flexibility index (Phi) is 6.15. The highest BCUT2D eigenvalue weighted by molar-refractivity contribution is 5.94. The second-order valence-corrected chi connectivity index (χ2v) is 9.72. The van der Waals surface area contributed by atoms with E-state index in [9.17, 15) is 9.59 Å². The van der Waals surface area contributed by atoms with Gasteiger partial charge in [-0.15, -0.1) is 0 Å². The number of amides is 2. The van der Waals surface area contributed by atoms with E-state index >= 15 is 0 Å². The van der Waals surface area contributed by atoms with Gasteiger partial charge in [-0.05, 0) is 63.9 Å². The van der Waals surface area contributed by atoms with E-state index in [0.717, 1.165) is 28.8 Å². The summed E-state index contributed by atoms with van der Waals surface area (Å²) in [6.07, 6.45) is 0.421. The molecular formula is C26H32N4O3.